The van der Waals surface area contributed by atoms with Crippen LogP contribution in [0.4, 0.5) is 34.1 Å². The van der Waals surface area contributed by atoms with E-state index in [1.54, 1.807) is 4.57 Å². The molecule has 6 heterocycles. The van der Waals surface area contributed by atoms with Crippen LogP contribution in [-0.2, 0) is 10.8 Å². The van der Waals surface area contributed by atoms with Gasteiger partial charge in [-0.3, -0.25) is 0 Å². The van der Waals surface area contributed by atoms with Crippen LogP contribution in [0.15, 0.2) is 306 Å². The fourth-order valence-electron chi connectivity index (χ4n) is 15.9. The molecular weight excluding hydrogens is 1200 g/mol. The number of hydrogen-bond donors (Lipinski definition) is 0. The minimum Gasteiger partial charge on any atom is -0.456 e. The molecular formula is C92H67BN4O2. The number of anilines is 6. The summed E-state index contributed by atoms with van der Waals surface area (Å²) in [6.07, 6.45) is 0. The van der Waals surface area contributed by atoms with E-state index in [0.717, 1.165) is 98.8 Å². The van der Waals surface area contributed by atoms with Gasteiger partial charge >= 0.3 is 0 Å². The molecule has 20 rings (SSSR count). The van der Waals surface area contributed by atoms with Crippen molar-refractivity contribution in [1.29, 1.82) is 0 Å². The third-order valence-corrected chi connectivity index (χ3v) is 20.5. The molecule has 2 aliphatic heterocycles. The Bertz CT molecular complexity index is 7060. The van der Waals surface area contributed by atoms with Crippen molar-refractivity contribution >= 4 is 145 Å². The molecule has 0 spiro atoms. The van der Waals surface area contributed by atoms with Gasteiger partial charge in [0.05, 0.1) is 67.7 Å². The zero-order chi connectivity index (χ0) is 77.5. The van der Waals surface area contributed by atoms with Gasteiger partial charge in [0.25, 0.3) is 6.71 Å². The maximum Gasteiger partial charge on any atom is 0.252 e. The minimum atomic E-state index is -0.747. The Balaban J connectivity index is 1.02. The highest BCUT2D eigenvalue weighted by molar-refractivity contribution is 7.00. The number of hydrogen-bond acceptors (Lipinski definition) is 4. The van der Waals surface area contributed by atoms with E-state index in [1.807, 2.05) is 115 Å². The summed E-state index contributed by atoms with van der Waals surface area (Å²) >= 11 is 0. The molecule has 0 fully saturated rings. The van der Waals surface area contributed by atoms with Gasteiger partial charge in [0, 0.05) is 66.3 Å². The van der Waals surface area contributed by atoms with E-state index in [0.29, 0.717) is 67.7 Å². The number of aromatic nitrogens is 2. The quantitative estimate of drug-likeness (QED) is 0.149. The molecule has 0 bridgehead atoms. The highest BCUT2D eigenvalue weighted by Gasteiger charge is 2.46. The molecule has 4 aromatic heterocycles. The summed E-state index contributed by atoms with van der Waals surface area (Å²) in [5.41, 5.74) is 17.3. The van der Waals surface area contributed by atoms with Gasteiger partial charge in [-0.25, -0.2) is 0 Å². The van der Waals surface area contributed by atoms with Gasteiger partial charge in [-0.15, -0.1) is 0 Å². The maximum atomic E-state index is 9.85. The second kappa shape index (κ2) is 21.2. The molecule has 0 radical (unpaired) electrons. The summed E-state index contributed by atoms with van der Waals surface area (Å²) in [7, 11) is 0. The third kappa shape index (κ3) is 8.63. The summed E-state index contributed by atoms with van der Waals surface area (Å²) in [6.45, 7) is 12.6. The number of para-hydroxylation sites is 4. The van der Waals surface area contributed by atoms with E-state index in [2.05, 4.69) is 159 Å². The highest BCUT2D eigenvalue weighted by Crippen LogP contribution is 2.55. The lowest BCUT2D eigenvalue weighted by Crippen LogP contribution is -2.61. The van der Waals surface area contributed by atoms with Crippen molar-refractivity contribution in [2.24, 2.45) is 0 Å². The fraction of sp³-hybridized carbons (Fsp3) is 0.0870. The molecule has 18 aromatic rings. The zero-order valence-electron chi connectivity index (χ0n) is 68.0. The number of nitrogens with zero attached hydrogens (tertiary/aromatic N) is 4. The SMILES string of the molecule is [2H]c1c([2H])c([2H])c(-c2ccc3c(c2)N(c2cc(-c4ccccc4)cc4oc5ccccc5c24)c2cc(-n4c5ccc(C(C)(C)C)cc5c5cc(C(C)(C)C)ccc54)cc4c2B3c2ccc(-n3c5c([2H])c([2H])c([2H])c([2H])c5c5c([2H])c([2H])c([2H])c([2H])c53)cc2N4c2c(-c3ccccc3)ccc3oc4ccccc4c23)c([2H])c1[2H]. The van der Waals surface area contributed by atoms with Crippen molar-refractivity contribution in [3.8, 4) is 44.8 Å². The smallest absolute Gasteiger partial charge is 0.252 e. The lowest BCUT2D eigenvalue weighted by molar-refractivity contribution is 0.590. The summed E-state index contributed by atoms with van der Waals surface area (Å²) in [6, 6.07) is 68.2. The van der Waals surface area contributed by atoms with Crippen LogP contribution in [0, 0.1) is 0 Å². The molecule has 14 aromatic carbocycles. The van der Waals surface area contributed by atoms with Gasteiger partial charge in [-0.2, -0.15) is 0 Å². The van der Waals surface area contributed by atoms with Crippen molar-refractivity contribution in [1.82, 2.24) is 9.13 Å². The summed E-state index contributed by atoms with van der Waals surface area (Å²) in [5.74, 6) is 0. The number of rotatable bonds is 7. The van der Waals surface area contributed by atoms with Crippen molar-refractivity contribution in [3.63, 3.8) is 0 Å². The van der Waals surface area contributed by atoms with Gasteiger partial charge in [0.1, 0.15) is 22.3 Å². The van der Waals surface area contributed by atoms with Crippen LogP contribution in [0.25, 0.3) is 132 Å². The molecule has 470 valence electrons. The first kappa shape index (κ1) is 45.4. The first-order valence-electron chi connectivity index (χ1n) is 40.0. The fourth-order valence-corrected chi connectivity index (χ4v) is 15.9. The van der Waals surface area contributed by atoms with Crippen molar-refractivity contribution in [2.45, 2.75) is 52.4 Å². The Morgan fingerprint density at radius 3 is 1.49 bits per heavy atom. The van der Waals surface area contributed by atoms with E-state index in [-0.39, 0.29) is 50.3 Å². The first-order valence-corrected chi connectivity index (χ1v) is 33.5. The monoisotopic (exact) mass is 1280 g/mol. The number of benzene rings is 14. The topological polar surface area (TPSA) is 42.6 Å². The molecule has 0 saturated carbocycles. The van der Waals surface area contributed by atoms with Crippen LogP contribution in [0.1, 0.15) is 70.5 Å². The zero-order valence-corrected chi connectivity index (χ0v) is 55.0. The van der Waals surface area contributed by atoms with Gasteiger partial charge in [-0.1, -0.05) is 235 Å². The van der Waals surface area contributed by atoms with Crippen molar-refractivity contribution in [3.05, 3.63) is 308 Å². The molecule has 0 atom stereocenters. The van der Waals surface area contributed by atoms with Crippen LogP contribution in [0.3, 0.4) is 0 Å². The van der Waals surface area contributed by atoms with Gasteiger partial charge in [0.15, 0.2) is 0 Å². The van der Waals surface area contributed by atoms with Crippen molar-refractivity contribution in [2.75, 3.05) is 9.80 Å². The molecule has 0 amide bonds. The maximum absolute atomic E-state index is 9.85. The largest absolute Gasteiger partial charge is 0.456 e. The minimum absolute atomic E-state index is 0.0105. The van der Waals surface area contributed by atoms with Crippen molar-refractivity contribution < 1.29 is 26.7 Å². The van der Waals surface area contributed by atoms with E-state index in [4.69, 9.17) is 15.7 Å². The second-order valence-electron chi connectivity index (χ2n) is 28.2. The Morgan fingerprint density at radius 1 is 0.323 bits per heavy atom. The normalized spacial score (nSPS) is 14.9. The summed E-state index contributed by atoms with van der Waals surface area (Å²) in [4.78, 5) is 4.59. The Kier molecular flexibility index (Phi) is 9.73. The standard InChI is InChI=1S/C92H67BN4O2/c1-91(2,3)61-39-45-76-70(51-61)71-52-62(92(4,5)6)40-46-77(71)95(76)64-54-81-89-82(55-64)97(90-65(58-28-14-9-15-29-58)42-47-85-88(90)69-33-19-23-37-84(69)98-85)79-53-63(94-74-34-20-16-30-66(74)67-31-17-21-35-75(67)94)41-44-73(79)93(89)72-43-38-59(56-24-10-7-11-25-56)48-78(72)96(81)80-49-60(57-26-12-8-13-27-57)50-86-87(80)68-32-18-22-36-83(68)99-86/h7-55H,1-6H3/i7D,10D,11D,16D,17D,20D,21D,24D,25D,30D,31D,34D,35D. The van der Waals surface area contributed by atoms with Crippen LogP contribution in [0.2, 0.25) is 0 Å². The summed E-state index contributed by atoms with van der Waals surface area (Å²) < 4.78 is 140. The molecule has 6 nitrogen and oxygen atoms in total. The molecule has 0 unspecified atom stereocenters. The van der Waals surface area contributed by atoms with E-state index in [1.165, 1.54) is 0 Å². The van der Waals surface area contributed by atoms with Crippen LogP contribution >= 0.6 is 0 Å². The Morgan fingerprint density at radius 2 is 0.848 bits per heavy atom. The van der Waals surface area contributed by atoms with Crippen LogP contribution in [-0.4, -0.2) is 15.8 Å². The van der Waals surface area contributed by atoms with Crippen LogP contribution in [0.5, 0.6) is 0 Å². The predicted octanol–water partition coefficient (Wildman–Crippen LogP) is 23.4. The molecule has 2 aliphatic rings. The average Bonchev–Trinajstić information content (AvgIpc) is 0.935. The second-order valence-corrected chi connectivity index (χ2v) is 28.2. The molecule has 7 heteroatoms. The molecule has 99 heavy (non-hydrogen) atoms. The lowest BCUT2D eigenvalue weighted by Gasteiger charge is -2.45. The van der Waals surface area contributed by atoms with E-state index >= 15 is 0 Å². The number of fused-ring (bicyclic) bond motifs is 16. The molecule has 0 saturated heterocycles. The van der Waals surface area contributed by atoms with Crippen LogP contribution < -0.4 is 26.2 Å². The first-order chi connectivity index (χ1) is 53.8. The van der Waals surface area contributed by atoms with E-state index < -0.39 is 73.2 Å². The lowest BCUT2D eigenvalue weighted by atomic mass is 9.33. The number of furan rings is 2. The van der Waals surface area contributed by atoms with Gasteiger partial charge in [0.2, 0.25) is 0 Å². The highest BCUT2D eigenvalue weighted by atomic mass is 16.3. The third-order valence-electron chi connectivity index (χ3n) is 20.5. The van der Waals surface area contributed by atoms with Gasteiger partial charge in [-0.05, 0) is 169 Å². The predicted molar refractivity (Wildman–Crippen MR) is 417 cm³/mol. The average molecular weight is 1280 g/mol. The Hall–Kier alpha value is -12.1. The van der Waals surface area contributed by atoms with Gasteiger partial charge < -0.3 is 27.8 Å². The van der Waals surface area contributed by atoms with E-state index in [9.17, 15) is 11.0 Å². The molecule has 0 aliphatic carbocycles. The Labute approximate surface area is 592 Å². The molecule has 0 N–H and O–H groups in total. The summed E-state index contributed by atoms with van der Waals surface area (Å²) in [5, 5.41) is 5.16.